The van der Waals surface area contributed by atoms with E-state index in [1.165, 1.54) is 0 Å². The molecular formula is C9H18N2O3. The molecular weight excluding hydrogens is 184 g/mol. The largest absolute Gasteiger partial charge is 0.394 e. The SMILES string of the molecule is O=C(NCC(O)CO)[C@H]1CCCNC1. The number of nitrogens with one attached hydrogen (secondary N) is 2. The number of aliphatic hydroxyl groups is 2. The minimum atomic E-state index is -0.851. The fraction of sp³-hybridized carbons (Fsp3) is 0.889. The predicted molar refractivity (Wildman–Crippen MR) is 51.7 cm³/mol. The number of aliphatic hydroxyl groups excluding tert-OH is 2. The number of amides is 1. The summed E-state index contributed by atoms with van der Waals surface area (Å²) in [6, 6.07) is 0. The van der Waals surface area contributed by atoms with Crippen molar-refractivity contribution in [3.8, 4) is 0 Å². The monoisotopic (exact) mass is 202 g/mol. The highest BCUT2D eigenvalue weighted by Crippen LogP contribution is 2.09. The van der Waals surface area contributed by atoms with Crippen LogP contribution in [0.5, 0.6) is 0 Å². The van der Waals surface area contributed by atoms with Crippen molar-refractivity contribution in [3.63, 3.8) is 0 Å². The van der Waals surface area contributed by atoms with Crippen LogP contribution in [0.4, 0.5) is 0 Å². The molecule has 1 unspecified atom stereocenters. The Bertz CT molecular complexity index is 181. The lowest BCUT2D eigenvalue weighted by molar-refractivity contribution is -0.126. The summed E-state index contributed by atoms with van der Waals surface area (Å²) in [5, 5.41) is 23.3. The first kappa shape index (κ1) is 11.4. The van der Waals surface area contributed by atoms with Crippen LogP contribution in [0.15, 0.2) is 0 Å². The molecule has 2 atom stereocenters. The second-order valence-electron chi connectivity index (χ2n) is 3.62. The van der Waals surface area contributed by atoms with Gasteiger partial charge in [0.2, 0.25) is 5.91 Å². The summed E-state index contributed by atoms with van der Waals surface area (Å²) >= 11 is 0. The van der Waals surface area contributed by atoms with Crippen LogP contribution in [0, 0.1) is 5.92 Å². The van der Waals surface area contributed by atoms with E-state index in [1.54, 1.807) is 0 Å². The fourth-order valence-electron chi connectivity index (χ4n) is 1.50. The van der Waals surface area contributed by atoms with Crippen LogP contribution < -0.4 is 10.6 Å². The molecule has 1 aliphatic rings. The van der Waals surface area contributed by atoms with Crippen molar-refractivity contribution in [1.29, 1.82) is 0 Å². The Balaban J connectivity index is 2.19. The van der Waals surface area contributed by atoms with Gasteiger partial charge in [0.15, 0.2) is 0 Å². The van der Waals surface area contributed by atoms with Gasteiger partial charge in [0.25, 0.3) is 0 Å². The Kier molecular flexibility index (Phi) is 4.86. The van der Waals surface area contributed by atoms with Crippen LogP contribution in [0.25, 0.3) is 0 Å². The smallest absolute Gasteiger partial charge is 0.224 e. The van der Waals surface area contributed by atoms with E-state index in [0.717, 1.165) is 19.4 Å². The van der Waals surface area contributed by atoms with Gasteiger partial charge < -0.3 is 20.8 Å². The van der Waals surface area contributed by atoms with Crippen LogP contribution in [0.1, 0.15) is 12.8 Å². The molecule has 1 heterocycles. The van der Waals surface area contributed by atoms with Gasteiger partial charge in [-0.3, -0.25) is 4.79 Å². The van der Waals surface area contributed by atoms with E-state index in [9.17, 15) is 4.79 Å². The third-order valence-corrected chi connectivity index (χ3v) is 2.39. The molecule has 1 amide bonds. The van der Waals surface area contributed by atoms with Gasteiger partial charge in [0, 0.05) is 13.1 Å². The fourth-order valence-corrected chi connectivity index (χ4v) is 1.50. The van der Waals surface area contributed by atoms with E-state index in [0.29, 0.717) is 6.54 Å². The number of hydrogen-bond donors (Lipinski definition) is 4. The molecule has 0 bridgehead atoms. The molecule has 0 aliphatic carbocycles. The molecule has 14 heavy (non-hydrogen) atoms. The maximum atomic E-state index is 11.5. The second kappa shape index (κ2) is 5.95. The summed E-state index contributed by atoms with van der Waals surface area (Å²) in [6.07, 6.45) is 1.06. The lowest BCUT2D eigenvalue weighted by Crippen LogP contribution is -2.43. The highest BCUT2D eigenvalue weighted by Gasteiger charge is 2.20. The molecule has 4 N–H and O–H groups in total. The molecule has 0 radical (unpaired) electrons. The summed E-state index contributed by atoms with van der Waals surface area (Å²) in [6.45, 7) is 1.50. The quantitative estimate of drug-likeness (QED) is 0.445. The van der Waals surface area contributed by atoms with Crippen LogP contribution in [-0.4, -0.2) is 48.5 Å². The molecule has 0 aromatic rings. The van der Waals surface area contributed by atoms with Gasteiger partial charge in [0.05, 0.1) is 18.6 Å². The van der Waals surface area contributed by atoms with Crippen molar-refractivity contribution in [2.24, 2.45) is 5.92 Å². The molecule has 0 aromatic carbocycles. The van der Waals surface area contributed by atoms with Gasteiger partial charge in [0.1, 0.15) is 0 Å². The maximum absolute atomic E-state index is 11.5. The lowest BCUT2D eigenvalue weighted by atomic mass is 9.99. The van der Waals surface area contributed by atoms with Crippen LogP contribution in [0.2, 0.25) is 0 Å². The first-order valence-corrected chi connectivity index (χ1v) is 5.01. The molecule has 5 nitrogen and oxygen atoms in total. The zero-order valence-corrected chi connectivity index (χ0v) is 8.20. The Morgan fingerprint density at radius 1 is 1.64 bits per heavy atom. The molecule has 1 saturated heterocycles. The van der Waals surface area contributed by atoms with Crippen molar-refractivity contribution in [1.82, 2.24) is 10.6 Å². The van der Waals surface area contributed by atoms with Crippen LogP contribution >= 0.6 is 0 Å². The molecule has 5 heteroatoms. The van der Waals surface area contributed by atoms with Crippen molar-refractivity contribution < 1.29 is 15.0 Å². The normalized spacial score (nSPS) is 24.3. The first-order valence-electron chi connectivity index (χ1n) is 5.01. The van der Waals surface area contributed by atoms with Crippen molar-refractivity contribution >= 4 is 5.91 Å². The highest BCUT2D eigenvalue weighted by molar-refractivity contribution is 5.78. The van der Waals surface area contributed by atoms with Gasteiger partial charge in [-0.1, -0.05) is 0 Å². The predicted octanol–water partition coefficient (Wildman–Crippen LogP) is -1.54. The van der Waals surface area contributed by atoms with Gasteiger partial charge in [-0.2, -0.15) is 0 Å². The summed E-state index contributed by atoms with van der Waals surface area (Å²) in [4.78, 5) is 11.5. The van der Waals surface area contributed by atoms with Crippen molar-refractivity contribution in [2.45, 2.75) is 18.9 Å². The molecule has 0 spiro atoms. The number of carbonyl (C=O) groups excluding carboxylic acids is 1. The van der Waals surface area contributed by atoms with Gasteiger partial charge in [-0.25, -0.2) is 0 Å². The average Bonchev–Trinajstić information content (AvgIpc) is 2.26. The third-order valence-electron chi connectivity index (χ3n) is 2.39. The van der Waals surface area contributed by atoms with E-state index in [4.69, 9.17) is 10.2 Å². The third kappa shape index (κ3) is 3.61. The van der Waals surface area contributed by atoms with E-state index in [1.807, 2.05) is 0 Å². The van der Waals surface area contributed by atoms with Crippen LogP contribution in [0.3, 0.4) is 0 Å². The molecule has 1 fully saturated rings. The minimum Gasteiger partial charge on any atom is -0.394 e. The summed E-state index contributed by atoms with van der Waals surface area (Å²) in [7, 11) is 0. The van der Waals surface area contributed by atoms with Crippen LogP contribution in [-0.2, 0) is 4.79 Å². The topological polar surface area (TPSA) is 81.6 Å². The van der Waals surface area contributed by atoms with E-state index in [-0.39, 0.29) is 25.0 Å². The Morgan fingerprint density at radius 2 is 2.43 bits per heavy atom. The molecule has 82 valence electrons. The zero-order chi connectivity index (χ0) is 10.4. The van der Waals surface area contributed by atoms with Gasteiger partial charge in [-0.15, -0.1) is 0 Å². The summed E-state index contributed by atoms with van der Waals surface area (Å²) in [5.41, 5.74) is 0. The van der Waals surface area contributed by atoms with E-state index in [2.05, 4.69) is 10.6 Å². The Labute approximate surface area is 83.5 Å². The standard InChI is InChI=1S/C9H18N2O3/c12-6-8(13)5-11-9(14)7-2-1-3-10-4-7/h7-8,10,12-13H,1-6H2,(H,11,14)/t7-,8?/m0/s1. The lowest BCUT2D eigenvalue weighted by Gasteiger charge is -2.22. The zero-order valence-electron chi connectivity index (χ0n) is 8.20. The van der Waals surface area contributed by atoms with Crippen molar-refractivity contribution in [3.05, 3.63) is 0 Å². The number of carbonyl (C=O) groups is 1. The van der Waals surface area contributed by atoms with Gasteiger partial charge >= 0.3 is 0 Å². The Hall–Kier alpha value is -0.650. The maximum Gasteiger partial charge on any atom is 0.224 e. The second-order valence-corrected chi connectivity index (χ2v) is 3.62. The molecule has 0 saturated carbocycles. The Morgan fingerprint density at radius 3 is 3.00 bits per heavy atom. The van der Waals surface area contributed by atoms with Crippen molar-refractivity contribution in [2.75, 3.05) is 26.2 Å². The summed E-state index contributed by atoms with van der Waals surface area (Å²) in [5.74, 6) is -0.0284. The van der Waals surface area contributed by atoms with Gasteiger partial charge in [-0.05, 0) is 19.4 Å². The summed E-state index contributed by atoms with van der Waals surface area (Å²) < 4.78 is 0. The number of hydrogen-bond acceptors (Lipinski definition) is 4. The number of rotatable bonds is 4. The molecule has 1 aliphatic heterocycles. The minimum absolute atomic E-state index is 0.00893. The number of piperidine rings is 1. The van der Waals surface area contributed by atoms with E-state index >= 15 is 0 Å². The molecule has 0 aromatic heterocycles. The molecule has 1 rings (SSSR count). The first-order chi connectivity index (χ1) is 6.74. The van der Waals surface area contributed by atoms with E-state index < -0.39 is 6.10 Å². The highest BCUT2D eigenvalue weighted by atomic mass is 16.3. The average molecular weight is 202 g/mol.